The van der Waals surface area contributed by atoms with Crippen LogP contribution in [0.25, 0.3) is 0 Å². The molecular formula is C21H34O2. The van der Waals surface area contributed by atoms with E-state index in [1.807, 2.05) is 0 Å². The first-order chi connectivity index (χ1) is 10.8. The van der Waals surface area contributed by atoms with Gasteiger partial charge < -0.3 is 10.2 Å². The number of fused-ring (bicyclic) bond motifs is 5. The maximum atomic E-state index is 11.2. The lowest BCUT2D eigenvalue weighted by molar-refractivity contribution is -0.125. The van der Waals surface area contributed by atoms with Crippen molar-refractivity contribution in [2.24, 2.45) is 28.6 Å². The van der Waals surface area contributed by atoms with Crippen LogP contribution in [-0.2, 0) is 0 Å². The first-order valence-electron chi connectivity index (χ1n) is 9.94. The lowest BCUT2D eigenvalue weighted by Gasteiger charge is -2.59. The van der Waals surface area contributed by atoms with Crippen LogP contribution in [0.4, 0.5) is 0 Å². The molecule has 3 fully saturated rings. The van der Waals surface area contributed by atoms with E-state index < -0.39 is 5.60 Å². The molecule has 23 heavy (non-hydrogen) atoms. The zero-order valence-corrected chi connectivity index (χ0v) is 15.1. The highest BCUT2D eigenvalue weighted by molar-refractivity contribution is 5.26. The number of allylic oxidation sites excluding steroid dienone is 1. The maximum absolute atomic E-state index is 11.2. The summed E-state index contributed by atoms with van der Waals surface area (Å²) in [5, 5.41) is 21.3. The van der Waals surface area contributed by atoms with E-state index in [4.69, 9.17) is 0 Å². The molecule has 0 aromatic heterocycles. The fourth-order valence-electron chi connectivity index (χ4n) is 7.33. The molecule has 0 aromatic rings. The second-order valence-corrected chi connectivity index (χ2v) is 9.54. The van der Waals surface area contributed by atoms with Crippen LogP contribution < -0.4 is 0 Å². The maximum Gasteiger partial charge on any atom is 0.0701 e. The third-order valence-corrected chi connectivity index (χ3v) is 8.98. The summed E-state index contributed by atoms with van der Waals surface area (Å²) in [6.07, 6.45) is 12.2. The van der Waals surface area contributed by atoms with Crippen molar-refractivity contribution in [1.29, 1.82) is 0 Å². The Balaban J connectivity index is 1.68. The lowest BCUT2D eigenvalue weighted by atomic mass is 9.47. The van der Waals surface area contributed by atoms with Gasteiger partial charge >= 0.3 is 0 Å². The number of rotatable bonds is 1. The Kier molecular flexibility index (Phi) is 3.57. The normalized spacial score (nSPS) is 55.6. The molecular weight excluding hydrogens is 284 g/mol. The van der Waals surface area contributed by atoms with Gasteiger partial charge in [-0.15, -0.1) is 0 Å². The number of hydrogen-bond donors (Lipinski definition) is 2. The van der Waals surface area contributed by atoms with Crippen LogP contribution in [0.3, 0.4) is 0 Å². The fourth-order valence-corrected chi connectivity index (χ4v) is 7.33. The third kappa shape index (κ3) is 2.00. The Hall–Kier alpha value is -0.340. The Morgan fingerprint density at radius 3 is 2.57 bits per heavy atom. The molecule has 4 rings (SSSR count). The Morgan fingerprint density at radius 2 is 1.83 bits per heavy atom. The summed E-state index contributed by atoms with van der Waals surface area (Å²) >= 11 is 0. The molecule has 0 heterocycles. The summed E-state index contributed by atoms with van der Waals surface area (Å²) in [7, 11) is 0. The Morgan fingerprint density at radius 1 is 1.09 bits per heavy atom. The van der Waals surface area contributed by atoms with Gasteiger partial charge in [-0.1, -0.05) is 32.4 Å². The SMILES string of the molecule is CC[C@@]1(O)CC[C@H]2[C@@H]3CC=C4C[C@@H](O)CC[C@]4(C)[C@H]3CC[C@@]21C. The quantitative estimate of drug-likeness (QED) is 0.701. The van der Waals surface area contributed by atoms with Gasteiger partial charge in [-0.05, 0) is 86.4 Å². The van der Waals surface area contributed by atoms with Crippen LogP contribution in [0.2, 0.25) is 0 Å². The van der Waals surface area contributed by atoms with Gasteiger partial charge in [0.05, 0.1) is 11.7 Å². The number of aliphatic hydroxyl groups is 2. The summed E-state index contributed by atoms with van der Waals surface area (Å²) in [6, 6.07) is 0. The minimum absolute atomic E-state index is 0.114. The highest BCUT2D eigenvalue weighted by atomic mass is 16.3. The van der Waals surface area contributed by atoms with E-state index >= 15 is 0 Å². The van der Waals surface area contributed by atoms with E-state index in [1.54, 1.807) is 5.57 Å². The molecule has 0 radical (unpaired) electrons. The molecule has 3 saturated carbocycles. The monoisotopic (exact) mass is 318 g/mol. The molecule has 2 heteroatoms. The highest BCUT2D eigenvalue weighted by Gasteiger charge is 2.62. The van der Waals surface area contributed by atoms with E-state index in [1.165, 1.54) is 25.7 Å². The van der Waals surface area contributed by atoms with Gasteiger partial charge in [-0.25, -0.2) is 0 Å². The first kappa shape index (κ1) is 16.1. The van der Waals surface area contributed by atoms with Crippen molar-refractivity contribution in [2.75, 3.05) is 0 Å². The summed E-state index contributed by atoms with van der Waals surface area (Å²) in [6.45, 7) is 7.03. The molecule has 0 unspecified atom stereocenters. The second-order valence-electron chi connectivity index (χ2n) is 9.54. The van der Waals surface area contributed by atoms with Crippen molar-refractivity contribution in [2.45, 2.75) is 90.3 Å². The van der Waals surface area contributed by atoms with Gasteiger partial charge in [0.2, 0.25) is 0 Å². The Bertz CT molecular complexity index is 526. The predicted molar refractivity (Wildman–Crippen MR) is 93.0 cm³/mol. The molecule has 0 amide bonds. The molecule has 0 spiro atoms. The molecule has 2 nitrogen and oxygen atoms in total. The van der Waals surface area contributed by atoms with E-state index in [0.717, 1.165) is 43.9 Å². The van der Waals surface area contributed by atoms with Crippen molar-refractivity contribution in [3.8, 4) is 0 Å². The van der Waals surface area contributed by atoms with E-state index in [2.05, 4.69) is 26.8 Å². The van der Waals surface area contributed by atoms with Crippen molar-refractivity contribution in [1.82, 2.24) is 0 Å². The lowest BCUT2D eigenvalue weighted by Crippen LogP contribution is -2.54. The second kappa shape index (κ2) is 5.08. The molecule has 0 aromatic carbocycles. The largest absolute Gasteiger partial charge is 0.393 e. The van der Waals surface area contributed by atoms with Crippen LogP contribution in [0, 0.1) is 28.6 Å². The highest BCUT2D eigenvalue weighted by Crippen LogP contribution is 2.67. The van der Waals surface area contributed by atoms with Crippen molar-refractivity contribution in [3.63, 3.8) is 0 Å². The van der Waals surface area contributed by atoms with Crippen LogP contribution in [-0.4, -0.2) is 21.9 Å². The van der Waals surface area contributed by atoms with E-state index in [9.17, 15) is 10.2 Å². The van der Waals surface area contributed by atoms with Gasteiger partial charge in [0.25, 0.3) is 0 Å². The molecule has 4 aliphatic rings. The van der Waals surface area contributed by atoms with Crippen LogP contribution in [0.5, 0.6) is 0 Å². The van der Waals surface area contributed by atoms with Gasteiger partial charge in [0.15, 0.2) is 0 Å². The van der Waals surface area contributed by atoms with Crippen molar-refractivity contribution >= 4 is 0 Å². The van der Waals surface area contributed by atoms with Gasteiger partial charge in [0, 0.05) is 0 Å². The topological polar surface area (TPSA) is 40.5 Å². The van der Waals surface area contributed by atoms with Crippen LogP contribution in [0.1, 0.15) is 78.6 Å². The molecule has 7 atom stereocenters. The first-order valence-corrected chi connectivity index (χ1v) is 9.94. The van der Waals surface area contributed by atoms with Gasteiger partial charge in [-0.2, -0.15) is 0 Å². The average molecular weight is 319 g/mol. The fraction of sp³-hybridized carbons (Fsp3) is 0.905. The summed E-state index contributed by atoms with van der Waals surface area (Å²) < 4.78 is 0. The Labute approximate surface area is 141 Å². The van der Waals surface area contributed by atoms with E-state index in [0.29, 0.717) is 11.3 Å². The summed E-state index contributed by atoms with van der Waals surface area (Å²) in [4.78, 5) is 0. The van der Waals surface area contributed by atoms with Crippen LogP contribution >= 0.6 is 0 Å². The summed E-state index contributed by atoms with van der Waals surface area (Å²) in [5.41, 5.74) is 1.55. The van der Waals surface area contributed by atoms with Gasteiger partial charge in [0.1, 0.15) is 0 Å². The van der Waals surface area contributed by atoms with Crippen molar-refractivity contribution < 1.29 is 10.2 Å². The smallest absolute Gasteiger partial charge is 0.0701 e. The predicted octanol–water partition coefficient (Wildman–Crippen LogP) is 4.45. The molecule has 130 valence electrons. The zero-order valence-electron chi connectivity index (χ0n) is 15.1. The molecule has 0 bridgehead atoms. The summed E-state index contributed by atoms with van der Waals surface area (Å²) in [5.74, 6) is 2.21. The minimum Gasteiger partial charge on any atom is -0.393 e. The average Bonchev–Trinajstić information content (AvgIpc) is 2.80. The third-order valence-electron chi connectivity index (χ3n) is 8.98. The molecule has 4 aliphatic carbocycles. The molecule has 2 N–H and O–H groups in total. The van der Waals surface area contributed by atoms with Gasteiger partial charge in [-0.3, -0.25) is 0 Å². The zero-order chi connectivity index (χ0) is 16.5. The number of hydrogen-bond acceptors (Lipinski definition) is 2. The van der Waals surface area contributed by atoms with Crippen LogP contribution in [0.15, 0.2) is 11.6 Å². The molecule has 0 saturated heterocycles. The minimum atomic E-state index is -0.434. The van der Waals surface area contributed by atoms with Crippen molar-refractivity contribution in [3.05, 3.63) is 11.6 Å². The van der Waals surface area contributed by atoms with E-state index in [-0.39, 0.29) is 11.5 Å². The number of aliphatic hydroxyl groups excluding tert-OH is 1. The standard InChI is InChI=1S/C21H34O2/c1-4-21(23)12-9-18-16-6-5-14-13-15(22)7-10-19(14,2)17(16)8-11-20(18,21)3/h5,15-18,22-23H,4,6-13H2,1-3H3/t15-,16+,17-,18-,19-,20-,21+/m0/s1. The molecule has 0 aliphatic heterocycles.